The molecule has 0 aliphatic rings. The molecule has 2 heteroatoms. The topological polar surface area (TPSA) is 7.76 Å². The normalized spacial score (nSPS) is 9.73. The van der Waals surface area contributed by atoms with Crippen molar-refractivity contribution in [3.63, 3.8) is 0 Å². The minimum atomic E-state index is 0. The zero-order valence-electron chi connectivity index (χ0n) is 12.8. The monoisotopic (exact) mass is 302 g/mol. The fourth-order valence-electron chi connectivity index (χ4n) is 2.30. The molecule has 0 amide bonds. The van der Waals surface area contributed by atoms with Crippen LogP contribution in [0.15, 0.2) is 49.1 Å². The van der Waals surface area contributed by atoms with Gasteiger partial charge in [-0.25, -0.2) is 9.13 Å². The molecule has 0 N–H and O–H groups in total. The Morgan fingerprint density at radius 1 is 0.591 bits per heavy atom. The van der Waals surface area contributed by atoms with Gasteiger partial charge in [0.1, 0.15) is 13.1 Å². The Morgan fingerprint density at radius 2 is 0.909 bits per heavy atom. The van der Waals surface area contributed by atoms with Crippen molar-refractivity contribution < 1.29 is 9.13 Å². The van der Waals surface area contributed by atoms with E-state index < -0.39 is 0 Å². The molecule has 2 aromatic heterocycles. The van der Waals surface area contributed by atoms with Crippen molar-refractivity contribution in [1.29, 1.82) is 0 Å². The zero-order chi connectivity index (χ0) is 14.2. The Morgan fingerprint density at radius 3 is 1.23 bits per heavy atom. The van der Waals surface area contributed by atoms with Gasteiger partial charge in [-0.1, -0.05) is 14.9 Å². The Labute approximate surface area is 137 Å². The first-order valence-electron chi connectivity index (χ1n) is 7.65. The van der Waals surface area contributed by atoms with Crippen LogP contribution in [0.25, 0.3) is 0 Å². The van der Waals surface area contributed by atoms with Gasteiger partial charge in [0.25, 0.3) is 0 Å². The largest absolute Gasteiger partial charge is 0.205 e. The number of unbranched alkanes of at least 4 members (excludes halogenated alkanes) is 3. The molecule has 0 aromatic carbocycles. The van der Waals surface area contributed by atoms with E-state index in [2.05, 4.69) is 72.0 Å². The van der Waals surface area contributed by atoms with E-state index >= 15 is 0 Å². The highest BCUT2D eigenvalue weighted by Crippen LogP contribution is 2.00. The van der Waals surface area contributed by atoms with Crippen LogP contribution >= 0.6 is 0 Å². The maximum Gasteiger partial charge on any atom is 0.169 e. The fourth-order valence-corrected chi connectivity index (χ4v) is 2.30. The van der Waals surface area contributed by atoms with Gasteiger partial charge in [-0.2, -0.15) is 0 Å². The quantitative estimate of drug-likeness (QED) is 0.528. The van der Waals surface area contributed by atoms with Crippen LogP contribution in [-0.2, 0) is 13.1 Å². The van der Waals surface area contributed by atoms with Gasteiger partial charge in [-0.15, -0.1) is 0 Å². The highest BCUT2D eigenvalue weighted by molar-refractivity contribution is 5.03. The molecule has 0 aliphatic heterocycles. The molecule has 22 heavy (non-hydrogen) atoms. The van der Waals surface area contributed by atoms with Crippen LogP contribution in [0, 0.1) is 13.8 Å². The van der Waals surface area contributed by atoms with Gasteiger partial charge in [-0.3, -0.25) is 0 Å². The molecule has 2 heterocycles. The summed E-state index contributed by atoms with van der Waals surface area (Å²) in [6, 6.07) is 8.70. The number of aryl methyl sites for hydroxylation is 4. The van der Waals surface area contributed by atoms with Gasteiger partial charge in [-0.05, 0) is 37.8 Å². The van der Waals surface area contributed by atoms with Crippen LogP contribution in [-0.4, -0.2) is 0 Å². The molecular formula is C20H34N2+2. The molecule has 2 nitrogen and oxygen atoms in total. The summed E-state index contributed by atoms with van der Waals surface area (Å²) in [4.78, 5) is 0. The molecule has 0 bridgehead atoms. The molecule has 0 aliphatic carbocycles. The average Bonchev–Trinajstić information content (AvgIpc) is 2.46. The molecular weight excluding hydrogens is 268 g/mol. The predicted molar refractivity (Wildman–Crippen MR) is 94.7 cm³/mol. The molecule has 0 fully saturated rings. The standard InChI is InChI=1S/C18H26N2.2CH4/c1-17-7-13-19(14-8-17)11-5-3-4-6-12-20-15-9-18(2)10-16-20;;/h7-10,13-16H,3-6,11-12H2,1-2H3;2*1H4/q+2;;. The van der Waals surface area contributed by atoms with E-state index in [0.29, 0.717) is 0 Å². The summed E-state index contributed by atoms with van der Waals surface area (Å²) in [5.74, 6) is 0. The minimum Gasteiger partial charge on any atom is -0.205 e. The molecule has 0 spiro atoms. The van der Waals surface area contributed by atoms with E-state index in [9.17, 15) is 0 Å². The van der Waals surface area contributed by atoms with Crippen LogP contribution in [0.2, 0.25) is 0 Å². The SMILES string of the molecule is C.C.Cc1cc[n+](CCCCCC[n+]2ccc(C)cc2)cc1. The Balaban J connectivity index is 0.00000220. The summed E-state index contributed by atoms with van der Waals surface area (Å²) in [5.41, 5.74) is 2.66. The van der Waals surface area contributed by atoms with E-state index in [1.807, 2.05) is 0 Å². The van der Waals surface area contributed by atoms with Gasteiger partial charge in [0.05, 0.1) is 0 Å². The lowest BCUT2D eigenvalue weighted by molar-refractivity contribution is -0.698. The minimum absolute atomic E-state index is 0. The molecule has 2 rings (SSSR count). The first-order chi connectivity index (χ1) is 9.74. The third-order valence-corrected chi connectivity index (χ3v) is 3.70. The van der Waals surface area contributed by atoms with Crippen LogP contribution in [0.3, 0.4) is 0 Å². The summed E-state index contributed by atoms with van der Waals surface area (Å²) >= 11 is 0. The van der Waals surface area contributed by atoms with Crippen molar-refractivity contribution >= 4 is 0 Å². The molecule has 122 valence electrons. The number of nitrogens with zero attached hydrogens (tertiary/aromatic N) is 2. The van der Waals surface area contributed by atoms with E-state index in [1.165, 1.54) is 36.8 Å². The molecule has 0 saturated carbocycles. The lowest BCUT2D eigenvalue weighted by Crippen LogP contribution is -2.33. The van der Waals surface area contributed by atoms with Crippen LogP contribution in [0.1, 0.15) is 51.7 Å². The van der Waals surface area contributed by atoms with Crippen molar-refractivity contribution in [1.82, 2.24) is 0 Å². The molecule has 0 atom stereocenters. The number of pyridine rings is 2. The lowest BCUT2D eigenvalue weighted by atomic mass is 10.2. The van der Waals surface area contributed by atoms with Gasteiger partial charge >= 0.3 is 0 Å². The van der Waals surface area contributed by atoms with Gasteiger partial charge in [0, 0.05) is 37.1 Å². The van der Waals surface area contributed by atoms with E-state index in [1.54, 1.807) is 0 Å². The summed E-state index contributed by atoms with van der Waals surface area (Å²) in [6.07, 6.45) is 13.9. The Kier molecular flexibility index (Phi) is 10.1. The third kappa shape index (κ3) is 7.35. The van der Waals surface area contributed by atoms with Crippen LogP contribution < -0.4 is 9.13 Å². The summed E-state index contributed by atoms with van der Waals surface area (Å²) in [6.45, 7) is 6.54. The number of aromatic nitrogens is 2. The Hall–Kier alpha value is -1.70. The van der Waals surface area contributed by atoms with Crippen molar-refractivity contribution in [2.24, 2.45) is 0 Å². The summed E-state index contributed by atoms with van der Waals surface area (Å²) < 4.78 is 4.56. The van der Waals surface area contributed by atoms with Gasteiger partial charge < -0.3 is 0 Å². The van der Waals surface area contributed by atoms with Crippen LogP contribution in [0.4, 0.5) is 0 Å². The second-order valence-electron chi connectivity index (χ2n) is 5.64. The van der Waals surface area contributed by atoms with E-state index in [4.69, 9.17) is 0 Å². The highest BCUT2D eigenvalue weighted by Gasteiger charge is 2.01. The van der Waals surface area contributed by atoms with Crippen molar-refractivity contribution in [2.75, 3.05) is 0 Å². The second-order valence-corrected chi connectivity index (χ2v) is 5.64. The van der Waals surface area contributed by atoms with E-state index in [0.717, 1.165) is 13.1 Å². The zero-order valence-corrected chi connectivity index (χ0v) is 12.8. The lowest BCUT2D eigenvalue weighted by Gasteiger charge is -1.99. The van der Waals surface area contributed by atoms with Crippen LogP contribution in [0.5, 0.6) is 0 Å². The maximum atomic E-state index is 2.28. The van der Waals surface area contributed by atoms with Crippen molar-refractivity contribution in [2.45, 2.75) is 67.5 Å². The third-order valence-electron chi connectivity index (χ3n) is 3.70. The van der Waals surface area contributed by atoms with Crippen molar-refractivity contribution in [3.8, 4) is 0 Å². The smallest absolute Gasteiger partial charge is 0.169 e. The van der Waals surface area contributed by atoms with Gasteiger partial charge in [0.2, 0.25) is 0 Å². The molecule has 2 aromatic rings. The molecule has 0 unspecified atom stereocenters. The predicted octanol–water partition coefficient (Wildman–Crippen LogP) is 4.41. The Bertz CT molecular complexity index is 451. The fraction of sp³-hybridized carbons (Fsp3) is 0.500. The number of hydrogen-bond donors (Lipinski definition) is 0. The maximum absolute atomic E-state index is 2.28. The summed E-state index contributed by atoms with van der Waals surface area (Å²) in [5, 5.41) is 0. The second kappa shape index (κ2) is 10.9. The van der Waals surface area contributed by atoms with Gasteiger partial charge in [0.15, 0.2) is 24.8 Å². The molecule has 0 radical (unpaired) electrons. The highest BCUT2D eigenvalue weighted by atomic mass is 14.9. The number of rotatable bonds is 7. The summed E-state index contributed by atoms with van der Waals surface area (Å²) in [7, 11) is 0. The van der Waals surface area contributed by atoms with Crippen molar-refractivity contribution in [3.05, 3.63) is 60.2 Å². The first kappa shape index (κ1) is 20.3. The number of hydrogen-bond acceptors (Lipinski definition) is 0. The first-order valence-corrected chi connectivity index (χ1v) is 7.65. The average molecular weight is 303 g/mol. The van der Waals surface area contributed by atoms with E-state index in [-0.39, 0.29) is 14.9 Å². The molecule has 0 saturated heterocycles.